The standard InChI is InChI=1S/C4H6BNO/c1-3(2)6-4(5)7/h1-2H3. The van der Waals surface area contributed by atoms with E-state index >= 15 is 0 Å². The number of amides is 1. The van der Waals surface area contributed by atoms with Gasteiger partial charge >= 0.3 is 0 Å². The number of carbonyl (C=O) groups excluding carboxylic acids is 1. The maximum Gasteiger partial charge on any atom is 0.203 e. The maximum absolute atomic E-state index is 9.84. The highest BCUT2D eigenvalue weighted by atomic mass is 16.1. The van der Waals surface area contributed by atoms with Gasteiger partial charge < -0.3 is 0 Å². The van der Waals surface area contributed by atoms with Crippen molar-refractivity contribution >= 4 is 19.4 Å². The number of hydrogen-bond acceptors (Lipinski definition) is 1. The first-order valence-electron chi connectivity index (χ1n) is 1.94. The van der Waals surface area contributed by atoms with E-state index in [2.05, 4.69) is 12.8 Å². The molecule has 0 aliphatic rings. The van der Waals surface area contributed by atoms with Gasteiger partial charge in [-0.2, -0.15) is 0 Å². The third-order valence-electron chi connectivity index (χ3n) is 0.334. The first-order valence-corrected chi connectivity index (χ1v) is 1.94. The third kappa shape index (κ3) is 5.40. The van der Waals surface area contributed by atoms with Crippen molar-refractivity contribution in [2.24, 2.45) is 4.99 Å². The summed E-state index contributed by atoms with van der Waals surface area (Å²) in [5.41, 5.74) is 0.688. The molecule has 0 heterocycles. The first kappa shape index (κ1) is 6.40. The molecule has 36 valence electrons. The van der Waals surface area contributed by atoms with E-state index in [1.807, 2.05) is 0 Å². The summed E-state index contributed by atoms with van der Waals surface area (Å²) in [6.45, 7) is 3.43. The fourth-order valence-electron chi connectivity index (χ4n) is 0.220. The highest BCUT2D eigenvalue weighted by Crippen LogP contribution is 1.73. The van der Waals surface area contributed by atoms with Crippen LogP contribution >= 0.6 is 0 Å². The van der Waals surface area contributed by atoms with Crippen LogP contribution in [-0.4, -0.2) is 19.4 Å². The summed E-state index contributed by atoms with van der Waals surface area (Å²) >= 11 is 0. The molecule has 0 bridgehead atoms. The molecule has 0 N–H and O–H groups in total. The van der Waals surface area contributed by atoms with Crippen molar-refractivity contribution < 1.29 is 4.79 Å². The van der Waals surface area contributed by atoms with Crippen LogP contribution in [0, 0.1) is 0 Å². The second-order valence-electron chi connectivity index (χ2n) is 1.40. The Morgan fingerprint density at radius 3 is 2.00 bits per heavy atom. The summed E-state index contributed by atoms with van der Waals surface area (Å²) in [6.07, 6.45) is 0. The van der Waals surface area contributed by atoms with Crippen LogP contribution in [0.4, 0.5) is 4.79 Å². The molecule has 2 radical (unpaired) electrons. The molecule has 0 atom stereocenters. The van der Waals surface area contributed by atoms with Crippen molar-refractivity contribution in [2.75, 3.05) is 0 Å². The van der Waals surface area contributed by atoms with Gasteiger partial charge in [0.25, 0.3) is 0 Å². The lowest BCUT2D eigenvalue weighted by Crippen LogP contribution is -1.90. The van der Waals surface area contributed by atoms with Crippen molar-refractivity contribution in [3.63, 3.8) is 0 Å². The summed E-state index contributed by atoms with van der Waals surface area (Å²) in [5, 5.41) is 0. The van der Waals surface area contributed by atoms with Gasteiger partial charge in [0.05, 0.1) is 0 Å². The lowest BCUT2D eigenvalue weighted by molar-refractivity contribution is 0.266. The molecule has 0 spiro atoms. The molecular formula is C4H6BNO. The van der Waals surface area contributed by atoms with Crippen molar-refractivity contribution in [1.82, 2.24) is 0 Å². The Hall–Kier alpha value is -0.595. The van der Waals surface area contributed by atoms with Gasteiger partial charge in [0.15, 0.2) is 5.81 Å². The number of carbonyl (C=O) groups is 1. The minimum atomic E-state index is -0.625. The molecule has 0 aromatic heterocycles. The number of hydrogen-bond donors (Lipinski definition) is 0. The second-order valence-corrected chi connectivity index (χ2v) is 1.40. The summed E-state index contributed by atoms with van der Waals surface area (Å²) in [4.78, 5) is 13.2. The molecule has 0 fully saturated rings. The highest BCUT2D eigenvalue weighted by molar-refractivity contribution is 6.58. The average molecular weight is 94.9 g/mol. The SMILES string of the molecule is [B]C(=O)N=C(C)C. The Labute approximate surface area is 44.0 Å². The van der Waals surface area contributed by atoms with Crippen LogP contribution in [-0.2, 0) is 0 Å². The van der Waals surface area contributed by atoms with Crippen LogP contribution in [0.5, 0.6) is 0 Å². The van der Waals surface area contributed by atoms with E-state index in [0.717, 1.165) is 0 Å². The average Bonchev–Trinajstić information content (AvgIpc) is 1.27. The van der Waals surface area contributed by atoms with E-state index in [4.69, 9.17) is 0 Å². The molecule has 0 aromatic carbocycles. The summed E-state index contributed by atoms with van der Waals surface area (Å²) in [7, 11) is 4.67. The summed E-state index contributed by atoms with van der Waals surface area (Å²) < 4.78 is 0. The minimum absolute atomic E-state index is 0.625. The Balaban J connectivity index is 3.68. The van der Waals surface area contributed by atoms with Crippen LogP contribution in [0.15, 0.2) is 4.99 Å². The van der Waals surface area contributed by atoms with E-state index in [0.29, 0.717) is 5.71 Å². The number of aliphatic imine (C=N–C) groups is 1. The van der Waals surface area contributed by atoms with Gasteiger partial charge in [-0.05, 0) is 13.8 Å². The van der Waals surface area contributed by atoms with Crippen molar-refractivity contribution in [2.45, 2.75) is 13.8 Å². The lowest BCUT2D eigenvalue weighted by Gasteiger charge is -1.81. The largest absolute Gasteiger partial charge is 0.287 e. The van der Waals surface area contributed by atoms with Gasteiger partial charge in [-0.25, -0.2) is 4.99 Å². The van der Waals surface area contributed by atoms with Gasteiger partial charge in [0.2, 0.25) is 7.85 Å². The number of nitrogens with zero attached hydrogens (tertiary/aromatic N) is 1. The van der Waals surface area contributed by atoms with E-state index in [1.54, 1.807) is 13.8 Å². The zero-order valence-electron chi connectivity index (χ0n) is 4.43. The minimum Gasteiger partial charge on any atom is -0.287 e. The molecule has 0 aliphatic heterocycles. The fourth-order valence-corrected chi connectivity index (χ4v) is 0.220. The maximum atomic E-state index is 9.84. The van der Waals surface area contributed by atoms with E-state index in [9.17, 15) is 4.79 Å². The molecule has 0 rings (SSSR count). The Bertz CT molecular complexity index is 104. The molecule has 0 unspecified atom stereocenters. The molecule has 0 aromatic rings. The van der Waals surface area contributed by atoms with Crippen LogP contribution in [0.3, 0.4) is 0 Å². The Morgan fingerprint density at radius 2 is 2.00 bits per heavy atom. The van der Waals surface area contributed by atoms with Crippen molar-refractivity contribution in [3.05, 3.63) is 0 Å². The quantitative estimate of drug-likeness (QED) is 0.322. The van der Waals surface area contributed by atoms with Gasteiger partial charge in [-0.15, -0.1) is 0 Å². The highest BCUT2D eigenvalue weighted by Gasteiger charge is 1.81. The zero-order chi connectivity index (χ0) is 5.86. The molecular weight excluding hydrogens is 88.9 g/mol. The van der Waals surface area contributed by atoms with Gasteiger partial charge in [-0.3, -0.25) is 4.79 Å². The monoisotopic (exact) mass is 95.1 g/mol. The molecule has 0 aliphatic carbocycles. The van der Waals surface area contributed by atoms with Crippen LogP contribution in [0.25, 0.3) is 0 Å². The number of rotatable bonds is 0. The van der Waals surface area contributed by atoms with E-state index < -0.39 is 5.81 Å². The zero-order valence-corrected chi connectivity index (χ0v) is 4.43. The molecule has 7 heavy (non-hydrogen) atoms. The van der Waals surface area contributed by atoms with Crippen LogP contribution in [0.1, 0.15) is 13.8 Å². The fraction of sp³-hybridized carbons (Fsp3) is 0.500. The molecule has 1 amide bonds. The molecule has 3 heteroatoms. The second kappa shape index (κ2) is 2.56. The Kier molecular flexibility index (Phi) is 2.34. The molecule has 0 saturated carbocycles. The smallest absolute Gasteiger partial charge is 0.203 e. The van der Waals surface area contributed by atoms with Crippen molar-refractivity contribution in [3.8, 4) is 0 Å². The van der Waals surface area contributed by atoms with Gasteiger partial charge in [0, 0.05) is 5.71 Å². The molecule has 0 saturated heterocycles. The van der Waals surface area contributed by atoms with Gasteiger partial charge in [-0.1, -0.05) is 0 Å². The predicted molar refractivity (Wildman–Crippen MR) is 29.9 cm³/mol. The first-order chi connectivity index (χ1) is 3.13. The van der Waals surface area contributed by atoms with Crippen LogP contribution in [0.2, 0.25) is 0 Å². The van der Waals surface area contributed by atoms with E-state index in [-0.39, 0.29) is 0 Å². The summed E-state index contributed by atoms with van der Waals surface area (Å²) in [6, 6.07) is 0. The lowest BCUT2D eigenvalue weighted by atomic mass is 10.1. The van der Waals surface area contributed by atoms with E-state index in [1.165, 1.54) is 0 Å². The summed E-state index contributed by atoms with van der Waals surface area (Å²) in [5.74, 6) is -0.625. The third-order valence-corrected chi connectivity index (χ3v) is 0.334. The Morgan fingerprint density at radius 1 is 1.57 bits per heavy atom. The van der Waals surface area contributed by atoms with Crippen molar-refractivity contribution in [1.29, 1.82) is 0 Å². The predicted octanol–water partition coefficient (Wildman–Crippen LogP) is 0.756. The topological polar surface area (TPSA) is 29.4 Å². The van der Waals surface area contributed by atoms with Gasteiger partial charge in [0.1, 0.15) is 0 Å². The van der Waals surface area contributed by atoms with Crippen LogP contribution < -0.4 is 0 Å². The normalized spacial score (nSPS) is 7.71. The molecule has 2 nitrogen and oxygen atoms in total.